The van der Waals surface area contributed by atoms with Crippen molar-refractivity contribution in [1.82, 2.24) is 0 Å². The first kappa shape index (κ1) is 18.3. The average molecular weight is 334 g/mol. The Morgan fingerprint density at radius 2 is 1.86 bits per heavy atom. The Morgan fingerprint density at radius 1 is 1.19 bits per heavy atom. The van der Waals surface area contributed by atoms with Crippen LogP contribution < -0.4 is 5.32 Å². The van der Waals surface area contributed by atoms with Crippen molar-refractivity contribution >= 4 is 70.1 Å². The van der Waals surface area contributed by atoms with E-state index in [0.29, 0.717) is 27.0 Å². The van der Waals surface area contributed by atoms with Crippen molar-refractivity contribution in [2.24, 2.45) is 0 Å². The van der Waals surface area contributed by atoms with Crippen molar-refractivity contribution in [3.05, 3.63) is 57.6 Å². The monoisotopic (exact) mass is 333 g/mol. The third kappa shape index (κ3) is 4.63. The van der Waals surface area contributed by atoms with Gasteiger partial charge in [-0.3, -0.25) is 4.79 Å². The van der Waals surface area contributed by atoms with Crippen LogP contribution in [-0.2, 0) is 11.2 Å². The number of hydrogen-bond acceptors (Lipinski definition) is 2. The predicted octanol–water partition coefficient (Wildman–Crippen LogP) is 4.02. The molecule has 0 saturated carbocycles. The summed E-state index contributed by atoms with van der Waals surface area (Å²) >= 11 is 12.4. The van der Waals surface area contributed by atoms with Gasteiger partial charge in [0.25, 0.3) is 0 Å². The van der Waals surface area contributed by atoms with Crippen LogP contribution in [0.3, 0.4) is 0 Å². The van der Waals surface area contributed by atoms with Crippen LogP contribution in [0, 0.1) is 6.92 Å². The second-order valence-corrected chi connectivity index (χ2v) is 5.19. The zero-order chi connectivity index (χ0) is 14.7. The summed E-state index contributed by atoms with van der Waals surface area (Å²) in [6.07, 6.45) is -0.0653. The fourth-order valence-corrected chi connectivity index (χ4v) is 2.33. The molecule has 0 radical (unpaired) electrons. The molecule has 21 heavy (non-hydrogen) atoms. The molecule has 0 aliphatic heterocycles. The zero-order valence-electron chi connectivity index (χ0n) is 10.8. The number of carbonyl (C=O) groups is 1. The number of aryl methyl sites for hydroxylation is 1. The molecule has 2 rings (SSSR count). The second kappa shape index (κ2) is 8.06. The minimum atomic E-state index is -0.888. The first-order valence-electron chi connectivity index (χ1n) is 6.00. The normalized spacial score (nSPS) is 9.86. The summed E-state index contributed by atoms with van der Waals surface area (Å²) in [7, 11) is 0. The van der Waals surface area contributed by atoms with Gasteiger partial charge in [-0.1, -0.05) is 47.5 Å². The average Bonchev–Trinajstić information content (AvgIpc) is 2.40. The van der Waals surface area contributed by atoms with Crippen molar-refractivity contribution in [2.45, 2.75) is 13.3 Å². The molecule has 0 spiro atoms. The van der Waals surface area contributed by atoms with Gasteiger partial charge in [-0.2, -0.15) is 0 Å². The fraction of sp³-hybridized carbons (Fsp3) is 0.133. The van der Waals surface area contributed by atoms with Crippen molar-refractivity contribution in [3.8, 4) is 0 Å². The quantitative estimate of drug-likeness (QED) is 0.830. The Kier molecular flexibility index (Phi) is 7.04. The van der Waals surface area contributed by atoms with Crippen LogP contribution >= 0.6 is 23.2 Å². The van der Waals surface area contributed by atoms with Crippen molar-refractivity contribution in [3.63, 3.8) is 0 Å². The number of benzene rings is 2. The molecule has 0 heterocycles. The van der Waals surface area contributed by atoms with Gasteiger partial charge in [0, 0.05) is 5.69 Å². The molecular formula is C15H14Cl2NNaO2. The molecule has 0 aliphatic carbocycles. The first-order valence-corrected chi connectivity index (χ1v) is 6.76. The van der Waals surface area contributed by atoms with Gasteiger partial charge in [0.15, 0.2) is 0 Å². The van der Waals surface area contributed by atoms with E-state index in [9.17, 15) is 4.79 Å². The topological polar surface area (TPSA) is 49.3 Å². The van der Waals surface area contributed by atoms with Gasteiger partial charge in [-0.05, 0) is 30.2 Å². The molecule has 0 unspecified atom stereocenters. The molecule has 0 saturated heterocycles. The molecule has 0 aliphatic rings. The van der Waals surface area contributed by atoms with E-state index in [1.807, 2.05) is 19.1 Å². The van der Waals surface area contributed by atoms with E-state index in [2.05, 4.69) is 5.32 Å². The number of rotatable bonds is 4. The number of carboxylic acids is 1. The van der Waals surface area contributed by atoms with Gasteiger partial charge in [-0.15, -0.1) is 0 Å². The van der Waals surface area contributed by atoms with Crippen LogP contribution in [0.1, 0.15) is 11.1 Å². The molecule has 0 atom stereocenters. The standard InChI is InChI=1S/C15H13Cl2NO2.Na.H/c1-9-6-7-11(16)15(14(9)17)18-12-5-3-2-4-10(12)8-13(19)20;;/h2-7,18H,8H2,1H3,(H,19,20);;. The van der Waals surface area contributed by atoms with E-state index < -0.39 is 5.97 Å². The van der Waals surface area contributed by atoms with E-state index >= 15 is 0 Å². The summed E-state index contributed by atoms with van der Waals surface area (Å²) in [6, 6.07) is 10.8. The third-order valence-electron chi connectivity index (χ3n) is 2.90. The Balaban J connectivity index is 0.00000220. The van der Waals surface area contributed by atoms with Gasteiger partial charge in [-0.25, -0.2) is 0 Å². The minimum absolute atomic E-state index is 0. The molecule has 0 bridgehead atoms. The molecule has 0 aromatic heterocycles. The number of nitrogens with one attached hydrogen (secondary N) is 1. The van der Waals surface area contributed by atoms with Crippen LogP contribution in [0.2, 0.25) is 10.0 Å². The number of hydrogen-bond donors (Lipinski definition) is 2. The molecule has 6 heteroatoms. The maximum absolute atomic E-state index is 10.9. The van der Waals surface area contributed by atoms with Crippen LogP contribution in [0.25, 0.3) is 0 Å². The van der Waals surface area contributed by atoms with E-state index in [4.69, 9.17) is 28.3 Å². The van der Waals surface area contributed by atoms with Crippen LogP contribution in [0.4, 0.5) is 11.4 Å². The molecule has 2 aromatic rings. The SMILES string of the molecule is Cc1ccc(Cl)c(Nc2ccccc2CC(=O)O)c1Cl.[NaH]. The number of anilines is 2. The van der Waals surface area contributed by atoms with Gasteiger partial charge in [0.2, 0.25) is 0 Å². The molecule has 2 N–H and O–H groups in total. The number of carboxylic acid groups (broad SMARTS) is 1. The summed E-state index contributed by atoms with van der Waals surface area (Å²) in [5, 5.41) is 13.1. The Hall–Kier alpha value is -0.710. The zero-order valence-corrected chi connectivity index (χ0v) is 12.3. The number of para-hydroxylation sites is 1. The molecule has 2 aromatic carbocycles. The summed E-state index contributed by atoms with van der Waals surface area (Å²) in [5.41, 5.74) is 2.85. The Labute approximate surface area is 155 Å². The van der Waals surface area contributed by atoms with Gasteiger partial charge < -0.3 is 10.4 Å². The summed E-state index contributed by atoms with van der Waals surface area (Å²) in [5.74, 6) is -0.888. The van der Waals surface area contributed by atoms with Crippen molar-refractivity contribution in [1.29, 1.82) is 0 Å². The Morgan fingerprint density at radius 3 is 2.52 bits per heavy atom. The second-order valence-electron chi connectivity index (χ2n) is 4.41. The van der Waals surface area contributed by atoms with Gasteiger partial charge in [0.05, 0.1) is 22.2 Å². The summed E-state index contributed by atoms with van der Waals surface area (Å²) < 4.78 is 0. The molecular weight excluding hydrogens is 320 g/mol. The van der Waals surface area contributed by atoms with Crippen LogP contribution in [0.5, 0.6) is 0 Å². The molecule has 3 nitrogen and oxygen atoms in total. The van der Waals surface area contributed by atoms with Crippen LogP contribution in [-0.4, -0.2) is 40.6 Å². The van der Waals surface area contributed by atoms with E-state index in [-0.39, 0.29) is 36.0 Å². The summed E-state index contributed by atoms with van der Waals surface area (Å²) in [6.45, 7) is 1.88. The summed E-state index contributed by atoms with van der Waals surface area (Å²) in [4.78, 5) is 10.9. The van der Waals surface area contributed by atoms with Crippen LogP contribution in [0.15, 0.2) is 36.4 Å². The third-order valence-corrected chi connectivity index (χ3v) is 3.70. The molecule has 106 valence electrons. The van der Waals surface area contributed by atoms with E-state index in [1.165, 1.54) is 0 Å². The van der Waals surface area contributed by atoms with Crippen molar-refractivity contribution in [2.75, 3.05) is 5.32 Å². The van der Waals surface area contributed by atoms with E-state index in [0.717, 1.165) is 5.56 Å². The van der Waals surface area contributed by atoms with Gasteiger partial charge >= 0.3 is 35.5 Å². The van der Waals surface area contributed by atoms with E-state index in [1.54, 1.807) is 24.3 Å². The Bertz CT molecular complexity index is 662. The molecule has 0 amide bonds. The number of aliphatic carboxylic acids is 1. The fourth-order valence-electron chi connectivity index (χ4n) is 1.87. The van der Waals surface area contributed by atoms with Gasteiger partial charge in [0.1, 0.15) is 0 Å². The molecule has 0 fully saturated rings. The number of halogens is 2. The van der Waals surface area contributed by atoms with Crippen molar-refractivity contribution < 1.29 is 9.90 Å². The first-order chi connectivity index (χ1) is 9.49. The maximum atomic E-state index is 10.9. The predicted molar refractivity (Wildman–Crippen MR) is 89.4 cm³/mol.